The van der Waals surface area contributed by atoms with Gasteiger partial charge in [0.2, 0.25) is 5.91 Å². The first kappa shape index (κ1) is 19.0. The van der Waals surface area contributed by atoms with Crippen LogP contribution < -0.4 is 10.2 Å². The summed E-state index contributed by atoms with van der Waals surface area (Å²) >= 11 is 0. The van der Waals surface area contributed by atoms with Crippen molar-refractivity contribution < 1.29 is 9.53 Å². The molecule has 1 aromatic rings. The van der Waals surface area contributed by atoms with Crippen molar-refractivity contribution in [2.75, 3.05) is 44.0 Å². The molecule has 6 heteroatoms. The summed E-state index contributed by atoms with van der Waals surface area (Å²) in [4.78, 5) is 21.1. The molecule has 3 heterocycles. The summed E-state index contributed by atoms with van der Waals surface area (Å²) in [5.41, 5.74) is 1.05. The molecule has 0 aromatic carbocycles. The van der Waals surface area contributed by atoms with Crippen LogP contribution in [-0.2, 0) is 9.53 Å². The third kappa shape index (κ3) is 5.34. The fourth-order valence-electron chi connectivity index (χ4n) is 3.75. The van der Waals surface area contributed by atoms with Crippen molar-refractivity contribution in [1.82, 2.24) is 9.88 Å². The first-order valence-corrected chi connectivity index (χ1v) is 9.91. The summed E-state index contributed by atoms with van der Waals surface area (Å²) in [5.74, 6) is 1.22. The highest BCUT2D eigenvalue weighted by atomic mass is 16.5. The van der Waals surface area contributed by atoms with Crippen LogP contribution >= 0.6 is 0 Å². The Balaban J connectivity index is 1.47. The van der Waals surface area contributed by atoms with Gasteiger partial charge in [-0.25, -0.2) is 4.98 Å². The van der Waals surface area contributed by atoms with E-state index < -0.39 is 0 Å². The Labute approximate surface area is 156 Å². The Bertz CT molecular complexity index is 570. The van der Waals surface area contributed by atoms with Crippen molar-refractivity contribution in [2.24, 2.45) is 0 Å². The van der Waals surface area contributed by atoms with Gasteiger partial charge < -0.3 is 19.9 Å². The second-order valence-corrected chi connectivity index (χ2v) is 7.65. The van der Waals surface area contributed by atoms with E-state index >= 15 is 0 Å². The van der Waals surface area contributed by atoms with Crippen LogP contribution in [0.2, 0.25) is 0 Å². The van der Waals surface area contributed by atoms with Crippen LogP contribution in [0.1, 0.15) is 44.9 Å². The van der Waals surface area contributed by atoms with E-state index in [0.717, 1.165) is 63.3 Å². The van der Waals surface area contributed by atoms with E-state index in [1.807, 2.05) is 36.2 Å². The number of rotatable bonds is 5. The number of amides is 1. The minimum absolute atomic E-state index is 0.134. The number of likely N-dealkylation sites (tertiary alicyclic amines) is 1. The predicted octanol–water partition coefficient (Wildman–Crippen LogP) is 2.90. The molecule has 2 aliphatic rings. The number of nitrogens with one attached hydrogen (secondary N) is 1. The van der Waals surface area contributed by atoms with Crippen LogP contribution in [0.25, 0.3) is 0 Å². The molecule has 6 nitrogen and oxygen atoms in total. The van der Waals surface area contributed by atoms with Gasteiger partial charge in [0, 0.05) is 39.8 Å². The van der Waals surface area contributed by atoms with Crippen molar-refractivity contribution in [3.8, 4) is 0 Å². The Hall–Kier alpha value is -1.82. The van der Waals surface area contributed by atoms with Gasteiger partial charge >= 0.3 is 0 Å². The molecular weight excluding hydrogens is 328 g/mol. The molecule has 0 aliphatic carbocycles. The van der Waals surface area contributed by atoms with Gasteiger partial charge in [0.25, 0.3) is 0 Å². The third-order valence-electron chi connectivity index (χ3n) is 5.33. The van der Waals surface area contributed by atoms with Gasteiger partial charge in [-0.2, -0.15) is 0 Å². The molecule has 1 N–H and O–H groups in total. The largest absolute Gasteiger partial charge is 0.381 e. The highest BCUT2D eigenvalue weighted by molar-refractivity contribution is 5.76. The maximum Gasteiger partial charge on any atom is 0.225 e. The summed E-state index contributed by atoms with van der Waals surface area (Å²) < 4.78 is 5.73. The lowest BCUT2D eigenvalue weighted by atomic mass is 10.1. The fourth-order valence-corrected chi connectivity index (χ4v) is 3.75. The van der Waals surface area contributed by atoms with E-state index in [1.165, 1.54) is 6.42 Å². The van der Waals surface area contributed by atoms with Crippen molar-refractivity contribution >= 4 is 17.4 Å². The number of ether oxygens (including phenoxy) is 1. The van der Waals surface area contributed by atoms with E-state index in [9.17, 15) is 4.79 Å². The van der Waals surface area contributed by atoms with Crippen LogP contribution in [0.5, 0.6) is 0 Å². The van der Waals surface area contributed by atoms with E-state index in [4.69, 9.17) is 4.74 Å². The molecule has 2 fully saturated rings. The third-order valence-corrected chi connectivity index (χ3v) is 5.33. The molecule has 0 spiro atoms. The molecular formula is C20H32N4O2. The Morgan fingerprint density at radius 3 is 2.81 bits per heavy atom. The molecule has 144 valence electrons. The molecule has 3 rings (SSSR count). The monoisotopic (exact) mass is 360 g/mol. The number of pyridine rings is 1. The van der Waals surface area contributed by atoms with E-state index in [-0.39, 0.29) is 12.0 Å². The number of hydrogen-bond acceptors (Lipinski definition) is 5. The van der Waals surface area contributed by atoms with Crippen molar-refractivity contribution in [1.29, 1.82) is 0 Å². The Kier molecular flexibility index (Phi) is 6.72. The maximum atomic E-state index is 12.6. The van der Waals surface area contributed by atoms with Crippen LogP contribution in [0, 0.1) is 0 Å². The van der Waals surface area contributed by atoms with Crippen molar-refractivity contribution in [3.63, 3.8) is 0 Å². The molecule has 0 bridgehead atoms. The van der Waals surface area contributed by atoms with Crippen LogP contribution in [0.3, 0.4) is 0 Å². The van der Waals surface area contributed by atoms with Gasteiger partial charge in [-0.05, 0) is 50.7 Å². The molecule has 2 saturated heterocycles. The predicted molar refractivity (Wildman–Crippen MR) is 105 cm³/mol. The zero-order valence-electron chi connectivity index (χ0n) is 16.1. The number of nitrogens with zero attached hydrogens (tertiary/aromatic N) is 3. The fraction of sp³-hybridized carbons (Fsp3) is 0.700. The van der Waals surface area contributed by atoms with Gasteiger partial charge in [-0.3, -0.25) is 4.79 Å². The smallest absolute Gasteiger partial charge is 0.225 e. The quantitative estimate of drug-likeness (QED) is 0.875. The van der Waals surface area contributed by atoms with Gasteiger partial charge in [0.1, 0.15) is 5.82 Å². The van der Waals surface area contributed by atoms with Gasteiger partial charge in [0.15, 0.2) is 0 Å². The molecule has 1 aromatic heterocycles. The topological polar surface area (TPSA) is 57.7 Å². The average Bonchev–Trinajstić information content (AvgIpc) is 2.89. The van der Waals surface area contributed by atoms with E-state index in [2.05, 4.69) is 16.4 Å². The van der Waals surface area contributed by atoms with E-state index in [0.29, 0.717) is 12.5 Å². The first-order chi connectivity index (χ1) is 12.6. The zero-order valence-corrected chi connectivity index (χ0v) is 16.1. The second-order valence-electron chi connectivity index (χ2n) is 7.65. The highest BCUT2D eigenvalue weighted by Gasteiger charge is 2.24. The number of carbonyl (C=O) groups excluding carboxylic acids is 1. The zero-order chi connectivity index (χ0) is 18.4. The van der Waals surface area contributed by atoms with Gasteiger partial charge in [-0.1, -0.05) is 0 Å². The summed E-state index contributed by atoms with van der Waals surface area (Å²) in [7, 11) is 3.98. The Morgan fingerprint density at radius 2 is 2.12 bits per heavy atom. The second kappa shape index (κ2) is 9.21. The molecule has 2 aliphatic heterocycles. The normalized spacial score (nSPS) is 24.0. The summed E-state index contributed by atoms with van der Waals surface area (Å²) in [6.07, 6.45) is 9.02. The summed E-state index contributed by atoms with van der Waals surface area (Å²) in [6, 6.07) is 4.50. The Morgan fingerprint density at radius 1 is 1.23 bits per heavy atom. The van der Waals surface area contributed by atoms with Crippen LogP contribution in [-0.4, -0.2) is 61.7 Å². The molecule has 1 amide bonds. The standard InChI is InChI=1S/C20H32N4O2/c1-23(2)19-9-8-17(15-21-19)22-16-6-5-11-24(12-10-16)20(25)14-18-7-3-4-13-26-18/h8-9,15-16,18,22H,3-7,10-14H2,1-2H3. The van der Waals surface area contributed by atoms with Crippen LogP contribution in [0.4, 0.5) is 11.5 Å². The molecule has 0 radical (unpaired) electrons. The average molecular weight is 361 g/mol. The van der Waals surface area contributed by atoms with Crippen molar-refractivity contribution in [3.05, 3.63) is 18.3 Å². The number of hydrogen-bond donors (Lipinski definition) is 1. The minimum Gasteiger partial charge on any atom is -0.381 e. The lowest BCUT2D eigenvalue weighted by Crippen LogP contribution is -2.36. The first-order valence-electron chi connectivity index (χ1n) is 9.91. The molecule has 2 unspecified atom stereocenters. The van der Waals surface area contributed by atoms with Crippen LogP contribution in [0.15, 0.2) is 18.3 Å². The summed E-state index contributed by atoms with van der Waals surface area (Å²) in [6.45, 7) is 2.50. The molecule has 26 heavy (non-hydrogen) atoms. The molecule has 2 atom stereocenters. The van der Waals surface area contributed by atoms with E-state index in [1.54, 1.807) is 0 Å². The SMILES string of the molecule is CN(C)c1ccc(NC2CCCN(C(=O)CC3CCCCO3)CC2)cn1. The highest BCUT2D eigenvalue weighted by Crippen LogP contribution is 2.21. The number of aromatic nitrogens is 1. The van der Waals surface area contributed by atoms with Gasteiger partial charge in [-0.15, -0.1) is 0 Å². The minimum atomic E-state index is 0.134. The summed E-state index contributed by atoms with van der Waals surface area (Å²) in [5, 5.41) is 3.58. The lowest BCUT2D eigenvalue weighted by molar-refractivity contribution is -0.135. The van der Waals surface area contributed by atoms with Gasteiger partial charge in [0.05, 0.1) is 24.4 Å². The number of anilines is 2. The maximum absolute atomic E-state index is 12.6. The lowest BCUT2D eigenvalue weighted by Gasteiger charge is -2.26. The number of carbonyl (C=O) groups is 1. The van der Waals surface area contributed by atoms with Crippen molar-refractivity contribution in [2.45, 2.75) is 57.1 Å². The molecule has 0 saturated carbocycles.